The van der Waals surface area contributed by atoms with Crippen molar-refractivity contribution in [1.82, 2.24) is 9.88 Å². The third kappa shape index (κ3) is 3.76. The number of carbonyl (C=O) groups excluding carboxylic acids is 1. The van der Waals surface area contributed by atoms with Crippen LogP contribution in [0.3, 0.4) is 0 Å². The summed E-state index contributed by atoms with van der Waals surface area (Å²) in [5.74, 6) is 0.643. The van der Waals surface area contributed by atoms with Crippen LogP contribution in [0.4, 0.5) is 0 Å². The number of hydrogen-bond acceptors (Lipinski definition) is 3. The lowest BCUT2D eigenvalue weighted by Gasteiger charge is -2.18. The molecular formula is C19H25Cl2N3O. The second kappa shape index (κ2) is 7.48. The fourth-order valence-electron chi connectivity index (χ4n) is 3.61. The van der Waals surface area contributed by atoms with Gasteiger partial charge in [0.1, 0.15) is 0 Å². The summed E-state index contributed by atoms with van der Waals surface area (Å²) in [6.07, 6.45) is 3.26. The molecule has 4 nitrogen and oxygen atoms in total. The van der Waals surface area contributed by atoms with Crippen LogP contribution >= 0.6 is 24.8 Å². The SMILES string of the molecule is Cc1cc(C)c2nc(C3CC3)cc(C(=O)N3CC[C@@H](N)C3)c2c1.Cl.Cl. The molecule has 4 rings (SSSR count). The number of hydrogen-bond donors (Lipinski definition) is 1. The predicted molar refractivity (Wildman–Crippen MR) is 106 cm³/mol. The van der Waals surface area contributed by atoms with Crippen molar-refractivity contribution in [3.63, 3.8) is 0 Å². The highest BCUT2D eigenvalue weighted by molar-refractivity contribution is 6.07. The normalized spacial score (nSPS) is 19.5. The van der Waals surface area contributed by atoms with E-state index in [1.54, 1.807) is 0 Å². The third-order valence-corrected chi connectivity index (χ3v) is 5.01. The zero-order valence-electron chi connectivity index (χ0n) is 14.6. The summed E-state index contributed by atoms with van der Waals surface area (Å²) in [5, 5.41) is 0.984. The minimum atomic E-state index is 0. The molecule has 136 valence electrons. The summed E-state index contributed by atoms with van der Waals surface area (Å²) in [6, 6.07) is 6.38. The summed E-state index contributed by atoms with van der Waals surface area (Å²) in [5.41, 5.74) is 11.2. The molecule has 2 heterocycles. The summed E-state index contributed by atoms with van der Waals surface area (Å²) in [6.45, 7) is 5.57. The van der Waals surface area contributed by atoms with Crippen molar-refractivity contribution in [1.29, 1.82) is 0 Å². The van der Waals surface area contributed by atoms with Crippen molar-refractivity contribution in [2.75, 3.05) is 13.1 Å². The average Bonchev–Trinajstić information content (AvgIpc) is 3.27. The van der Waals surface area contributed by atoms with E-state index in [-0.39, 0.29) is 36.8 Å². The molecule has 1 saturated carbocycles. The van der Waals surface area contributed by atoms with E-state index in [1.807, 2.05) is 11.0 Å². The molecule has 2 aromatic rings. The van der Waals surface area contributed by atoms with Crippen LogP contribution in [0, 0.1) is 13.8 Å². The Morgan fingerprint density at radius 3 is 2.48 bits per heavy atom. The number of carbonyl (C=O) groups is 1. The van der Waals surface area contributed by atoms with E-state index in [0.717, 1.165) is 40.7 Å². The Morgan fingerprint density at radius 1 is 1.16 bits per heavy atom. The molecule has 1 aliphatic carbocycles. The van der Waals surface area contributed by atoms with Crippen LogP contribution in [0.1, 0.15) is 52.4 Å². The summed E-state index contributed by atoms with van der Waals surface area (Å²) < 4.78 is 0. The first-order valence-corrected chi connectivity index (χ1v) is 8.49. The van der Waals surface area contributed by atoms with E-state index >= 15 is 0 Å². The number of aryl methyl sites for hydroxylation is 2. The zero-order valence-corrected chi connectivity index (χ0v) is 16.3. The second-order valence-corrected chi connectivity index (χ2v) is 7.15. The van der Waals surface area contributed by atoms with Gasteiger partial charge in [0.15, 0.2) is 0 Å². The van der Waals surface area contributed by atoms with E-state index in [4.69, 9.17) is 10.7 Å². The van der Waals surface area contributed by atoms with Crippen LogP contribution < -0.4 is 5.73 Å². The third-order valence-electron chi connectivity index (χ3n) is 5.01. The van der Waals surface area contributed by atoms with Crippen LogP contribution in [0.25, 0.3) is 10.9 Å². The van der Waals surface area contributed by atoms with Crippen molar-refractivity contribution in [2.24, 2.45) is 5.73 Å². The van der Waals surface area contributed by atoms with Crippen molar-refractivity contribution >= 4 is 41.6 Å². The molecule has 6 heteroatoms. The molecule has 25 heavy (non-hydrogen) atoms. The molecule has 0 bridgehead atoms. The molecule has 2 fully saturated rings. The topological polar surface area (TPSA) is 59.2 Å². The Bertz CT molecular complexity index is 805. The van der Waals surface area contributed by atoms with Crippen LogP contribution in [0.15, 0.2) is 18.2 Å². The molecule has 0 unspecified atom stereocenters. The monoisotopic (exact) mass is 381 g/mol. The maximum Gasteiger partial charge on any atom is 0.254 e. The van der Waals surface area contributed by atoms with Crippen molar-refractivity contribution in [2.45, 2.75) is 45.1 Å². The minimum absolute atomic E-state index is 0. The van der Waals surface area contributed by atoms with Gasteiger partial charge in [0.2, 0.25) is 0 Å². The van der Waals surface area contributed by atoms with Gasteiger partial charge in [-0.25, -0.2) is 0 Å². The highest BCUT2D eigenvalue weighted by Crippen LogP contribution is 2.40. The number of rotatable bonds is 2. The van der Waals surface area contributed by atoms with Crippen LogP contribution in [-0.4, -0.2) is 34.9 Å². The van der Waals surface area contributed by atoms with Gasteiger partial charge >= 0.3 is 0 Å². The van der Waals surface area contributed by atoms with Crippen molar-refractivity contribution in [3.05, 3.63) is 40.6 Å². The molecule has 2 N–H and O–H groups in total. The van der Waals surface area contributed by atoms with Gasteiger partial charge in [0.05, 0.1) is 11.1 Å². The fourth-order valence-corrected chi connectivity index (χ4v) is 3.61. The molecule has 1 aromatic carbocycles. The van der Waals surface area contributed by atoms with Gasteiger partial charge in [-0.15, -0.1) is 24.8 Å². The standard InChI is InChI=1S/C19H23N3O.2ClH/c1-11-7-12(2)18-15(8-11)16(9-17(21-18)13-3-4-13)19(23)22-6-5-14(20)10-22;;/h7-9,13-14H,3-6,10,20H2,1-2H3;2*1H/t14-;;/m1../s1. The van der Waals surface area contributed by atoms with Crippen molar-refractivity contribution < 1.29 is 4.79 Å². The van der Waals surface area contributed by atoms with Crippen LogP contribution in [0.5, 0.6) is 0 Å². The van der Waals surface area contributed by atoms with Gasteiger partial charge in [-0.2, -0.15) is 0 Å². The molecule has 0 spiro atoms. The molecule has 1 saturated heterocycles. The second-order valence-electron chi connectivity index (χ2n) is 7.15. The van der Waals surface area contributed by atoms with Gasteiger partial charge < -0.3 is 10.6 Å². The number of nitrogens with zero attached hydrogens (tertiary/aromatic N) is 2. The van der Waals surface area contributed by atoms with Gasteiger partial charge in [-0.05, 0) is 50.8 Å². The Kier molecular flexibility index (Phi) is 5.97. The number of amides is 1. The lowest BCUT2D eigenvalue weighted by Crippen LogP contribution is -2.32. The van der Waals surface area contributed by atoms with Crippen LogP contribution in [0.2, 0.25) is 0 Å². The lowest BCUT2D eigenvalue weighted by molar-refractivity contribution is 0.0792. The number of fused-ring (bicyclic) bond motifs is 1. The van der Waals surface area contributed by atoms with E-state index in [1.165, 1.54) is 18.4 Å². The molecule has 1 aliphatic heterocycles. The Labute approximate surface area is 161 Å². The molecule has 1 aromatic heterocycles. The lowest BCUT2D eigenvalue weighted by atomic mass is 10.00. The van der Waals surface area contributed by atoms with Crippen molar-refractivity contribution in [3.8, 4) is 0 Å². The fraction of sp³-hybridized carbons (Fsp3) is 0.474. The minimum Gasteiger partial charge on any atom is -0.337 e. The van der Waals surface area contributed by atoms with Gasteiger partial charge in [0.25, 0.3) is 5.91 Å². The molecule has 1 atom stereocenters. The van der Waals surface area contributed by atoms with Crippen LogP contribution in [-0.2, 0) is 0 Å². The van der Waals surface area contributed by atoms with Gasteiger partial charge in [-0.1, -0.05) is 11.6 Å². The predicted octanol–water partition coefficient (Wildman–Crippen LogP) is 3.75. The summed E-state index contributed by atoms with van der Waals surface area (Å²) in [7, 11) is 0. The first-order valence-electron chi connectivity index (χ1n) is 8.49. The van der Waals surface area contributed by atoms with Gasteiger partial charge in [0, 0.05) is 36.1 Å². The number of benzene rings is 1. The maximum atomic E-state index is 13.1. The zero-order chi connectivity index (χ0) is 16.1. The molecule has 0 radical (unpaired) electrons. The Hall–Kier alpha value is -1.36. The Balaban J connectivity index is 0.00000113. The highest BCUT2D eigenvalue weighted by atomic mass is 35.5. The molecular weight excluding hydrogens is 357 g/mol. The number of halogens is 2. The van der Waals surface area contributed by atoms with E-state index in [9.17, 15) is 4.79 Å². The first kappa shape index (κ1) is 20.0. The van der Waals surface area contributed by atoms with Gasteiger partial charge in [-0.3, -0.25) is 9.78 Å². The molecule has 1 amide bonds. The summed E-state index contributed by atoms with van der Waals surface area (Å²) in [4.78, 5) is 19.8. The quantitative estimate of drug-likeness (QED) is 0.861. The van der Waals surface area contributed by atoms with E-state index < -0.39 is 0 Å². The maximum absolute atomic E-state index is 13.1. The molecule has 2 aliphatic rings. The number of likely N-dealkylation sites (tertiary alicyclic amines) is 1. The van der Waals surface area contributed by atoms with E-state index in [0.29, 0.717) is 12.5 Å². The number of pyridine rings is 1. The largest absolute Gasteiger partial charge is 0.337 e. The number of aromatic nitrogens is 1. The summed E-state index contributed by atoms with van der Waals surface area (Å²) >= 11 is 0. The highest BCUT2D eigenvalue weighted by Gasteiger charge is 2.30. The Morgan fingerprint density at radius 2 is 1.88 bits per heavy atom. The average molecular weight is 382 g/mol. The smallest absolute Gasteiger partial charge is 0.254 e. The van der Waals surface area contributed by atoms with E-state index in [2.05, 4.69) is 26.0 Å². The number of nitrogens with two attached hydrogens (primary N) is 1. The first-order chi connectivity index (χ1) is 11.0.